The first-order chi connectivity index (χ1) is 41.4. The average molecular weight is 1340 g/mol. The van der Waals surface area contributed by atoms with Crippen LogP contribution in [0.25, 0.3) is 0 Å². The standard InChI is InChI=1S/C61H83BrCl2N8O16/c1-32(2)51(69-48(73)21-14-13-18-35(5)85-56(78)34(4)31-62)54(76)68-42(19-16-24-66-58(65)80)53(75)67-39-22-23-40(41(63)28-39)55(77)71(9)37(7)57(79)87-47-29-49(74)72(10)43-26-38(27-44(83-11)50(43)64)25-33(3)17-15-20-46(84-12)61(82)30-45(86-59(81)70-61)36(6)52-60(47,8)88-52/h15,17,20,22-23,26-28,32,35-37,42,45-47,51-52,82H,4,13-14,16,18-19,21,24-25,29-31H2,1-3,5-12H3,(H,67,75)(H,68,76)(H,69,73)(H,70,81)(H3,65,66,80)/b20-15+,33-17+/t35?,36-,37+,42+,45+,46-,47+,51+,52+,60+,61+/m1/s1. The lowest BCUT2D eigenvalue weighted by molar-refractivity contribution is -0.158. The second kappa shape index (κ2) is 32.1. The molecule has 3 aliphatic heterocycles. The molecule has 3 heterocycles. The number of epoxide rings is 1. The molecule has 2 saturated heterocycles. The Morgan fingerprint density at radius 2 is 1.72 bits per heavy atom. The van der Waals surface area contributed by atoms with Gasteiger partial charge in [-0.1, -0.05) is 90.3 Å². The monoisotopic (exact) mass is 1330 g/mol. The van der Waals surface area contributed by atoms with Crippen molar-refractivity contribution in [3.05, 3.63) is 87.5 Å². The maximum Gasteiger partial charge on any atom is 0.409 e. The molecule has 5 rings (SSSR count). The van der Waals surface area contributed by atoms with E-state index < -0.39 is 132 Å². The van der Waals surface area contributed by atoms with Gasteiger partial charge in [0.2, 0.25) is 23.6 Å². The fourth-order valence-corrected chi connectivity index (χ4v) is 11.1. The second-order valence-corrected chi connectivity index (χ2v) is 24.3. The number of ether oxygens (including phenoxy) is 6. The number of nitrogens with two attached hydrogens (primary N) is 1. The molecule has 8 N–H and O–H groups in total. The van der Waals surface area contributed by atoms with E-state index in [1.807, 2.05) is 13.0 Å². The van der Waals surface area contributed by atoms with Crippen LogP contribution in [0.4, 0.5) is 21.0 Å². The highest BCUT2D eigenvalue weighted by Crippen LogP contribution is 2.49. The van der Waals surface area contributed by atoms with Crippen molar-refractivity contribution in [3.63, 3.8) is 0 Å². The van der Waals surface area contributed by atoms with Crippen LogP contribution in [0, 0.1) is 11.8 Å². The van der Waals surface area contributed by atoms with Crippen LogP contribution >= 0.6 is 39.1 Å². The second-order valence-electron chi connectivity index (χ2n) is 23.0. The largest absolute Gasteiger partial charge is 0.495 e. The quantitative estimate of drug-likeness (QED) is 0.0140. The van der Waals surface area contributed by atoms with Gasteiger partial charge in [-0.15, -0.1) is 0 Å². The lowest BCUT2D eigenvalue weighted by atomic mass is 9.83. The Morgan fingerprint density at radius 3 is 2.35 bits per heavy atom. The fourth-order valence-electron chi connectivity index (χ4n) is 10.3. The predicted molar refractivity (Wildman–Crippen MR) is 333 cm³/mol. The molecule has 0 saturated carbocycles. The van der Waals surface area contributed by atoms with E-state index in [2.05, 4.69) is 49.1 Å². The number of primary amides is 1. The van der Waals surface area contributed by atoms with Crippen LogP contribution in [0.15, 0.2) is 66.3 Å². The third-order valence-electron chi connectivity index (χ3n) is 15.8. The van der Waals surface area contributed by atoms with E-state index in [9.17, 15) is 48.3 Å². The summed E-state index contributed by atoms with van der Waals surface area (Å²) >= 11 is 16.8. The first-order valence-electron chi connectivity index (χ1n) is 28.9. The molecule has 11 atom stereocenters. The molecule has 88 heavy (non-hydrogen) atoms. The predicted octanol–water partition coefficient (Wildman–Crippen LogP) is 6.94. The minimum Gasteiger partial charge on any atom is -0.495 e. The number of rotatable bonds is 24. The lowest BCUT2D eigenvalue weighted by Gasteiger charge is -2.42. The summed E-state index contributed by atoms with van der Waals surface area (Å²) < 4.78 is 34.9. The molecule has 4 bridgehead atoms. The highest BCUT2D eigenvalue weighted by atomic mass is 79.9. The van der Waals surface area contributed by atoms with Gasteiger partial charge in [-0.3, -0.25) is 29.3 Å². The summed E-state index contributed by atoms with van der Waals surface area (Å²) in [4.78, 5) is 123. The van der Waals surface area contributed by atoms with Crippen LogP contribution in [0.2, 0.25) is 10.0 Å². The number of allylic oxidation sites excluding steroid dienone is 3. The molecule has 24 nitrogen and oxygen atoms in total. The van der Waals surface area contributed by atoms with Gasteiger partial charge in [-0.25, -0.2) is 19.2 Å². The van der Waals surface area contributed by atoms with E-state index in [0.717, 1.165) is 16.0 Å². The summed E-state index contributed by atoms with van der Waals surface area (Å²) in [5.41, 5.74) is 4.17. The molecule has 2 aromatic carbocycles. The van der Waals surface area contributed by atoms with E-state index in [-0.39, 0.29) is 64.4 Å². The zero-order valence-corrected chi connectivity index (χ0v) is 54.7. The minimum absolute atomic E-state index is 0.0165. The molecule has 1 unspecified atom stereocenters. The molecular formula is C61H83BrCl2N8O16. The van der Waals surface area contributed by atoms with Crippen LogP contribution in [-0.4, -0.2) is 164 Å². The highest BCUT2D eigenvalue weighted by Gasteiger charge is 2.64. The summed E-state index contributed by atoms with van der Waals surface area (Å²) in [6, 6.07) is 3.16. The van der Waals surface area contributed by atoms with Crippen molar-refractivity contribution >= 4 is 104 Å². The zero-order chi connectivity index (χ0) is 65.5. The molecule has 484 valence electrons. The van der Waals surface area contributed by atoms with Crippen LogP contribution in [0.5, 0.6) is 5.75 Å². The molecule has 2 fully saturated rings. The number of esters is 2. The Bertz CT molecular complexity index is 3000. The van der Waals surface area contributed by atoms with Crippen molar-refractivity contribution in [2.45, 2.75) is 166 Å². The summed E-state index contributed by atoms with van der Waals surface area (Å²) in [6.45, 7) is 15.6. The van der Waals surface area contributed by atoms with E-state index >= 15 is 0 Å². The van der Waals surface area contributed by atoms with Crippen LogP contribution in [0.1, 0.15) is 116 Å². The number of nitrogens with zero attached hydrogens (tertiary/aromatic N) is 2. The Kier molecular flexibility index (Phi) is 26.3. The molecule has 2 aromatic rings. The lowest BCUT2D eigenvalue weighted by Crippen LogP contribution is -2.63. The Balaban J connectivity index is 1.32. The number of methoxy groups -OCH3 is 2. The van der Waals surface area contributed by atoms with Crippen LogP contribution < -0.4 is 42.0 Å². The number of anilines is 2. The van der Waals surface area contributed by atoms with Crippen LogP contribution in [0.3, 0.4) is 0 Å². The van der Waals surface area contributed by atoms with E-state index in [1.165, 1.54) is 58.3 Å². The topological polar surface area (TPSA) is 325 Å². The van der Waals surface area contributed by atoms with Crippen molar-refractivity contribution in [2.75, 3.05) is 50.4 Å². The van der Waals surface area contributed by atoms with E-state index in [1.54, 1.807) is 58.9 Å². The van der Waals surface area contributed by atoms with Crippen molar-refractivity contribution in [2.24, 2.45) is 17.6 Å². The smallest absolute Gasteiger partial charge is 0.409 e. The van der Waals surface area contributed by atoms with Gasteiger partial charge in [0, 0.05) is 63.1 Å². The zero-order valence-electron chi connectivity index (χ0n) is 51.6. The maximum absolute atomic E-state index is 14.5. The number of halogens is 3. The van der Waals surface area contributed by atoms with E-state index in [0.29, 0.717) is 37.1 Å². The van der Waals surface area contributed by atoms with Crippen molar-refractivity contribution in [1.29, 1.82) is 0 Å². The number of alkyl halides is 1. The number of nitrogens with one attached hydrogen (secondary N) is 5. The van der Waals surface area contributed by atoms with Crippen LogP contribution in [-0.2, 0) is 58.9 Å². The van der Waals surface area contributed by atoms with Gasteiger partial charge >= 0.3 is 24.1 Å². The molecule has 0 aliphatic carbocycles. The Labute approximate surface area is 531 Å². The van der Waals surface area contributed by atoms with Gasteiger partial charge in [-0.05, 0) is 108 Å². The first kappa shape index (κ1) is 72.0. The van der Waals surface area contributed by atoms with Gasteiger partial charge in [0.15, 0.2) is 5.72 Å². The molecule has 3 aliphatic rings. The molecule has 0 spiro atoms. The van der Waals surface area contributed by atoms with Gasteiger partial charge in [0.05, 0.1) is 42.0 Å². The van der Waals surface area contributed by atoms with Gasteiger partial charge in [0.1, 0.15) is 52.8 Å². The molecule has 0 aromatic heterocycles. The number of hydrogen-bond acceptors (Lipinski definition) is 16. The number of likely N-dealkylation sites (N-methyl/N-ethyl adjacent to an activating group) is 1. The number of amides is 8. The third kappa shape index (κ3) is 19.1. The van der Waals surface area contributed by atoms with Crippen molar-refractivity contribution in [3.8, 4) is 5.75 Å². The number of unbranched alkanes of at least 4 members (excludes halogenated alkanes) is 1. The Morgan fingerprint density at radius 1 is 1.01 bits per heavy atom. The molecule has 8 amide bonds. The highest BCUT2D eigenvalue weighted by molar-refractivity contribution is 9.09. The van der Waals surface area contributed by atoms with Crippen molar-refractivity contribution < 1.29 is 76.7 Å². The minimum atomic E-state index is -1.93. The number of hydrogen-bond donors (Lipinski definition) is 7. The first-order valence-corrected chi connectivity index (χ1v) is 30.8. The third-order valence-corrected chi connectivity index (χ3v) is 17.2. The number of alkyl carbamates (subject to hydrolysis) is 1. The number of carbonyl (C=O) groups excluding carboxylic acids is 9. The number of aliphatic hydroxyl groups is 1. The van der Waals surface area contributed by atoms with Gasteiger partial charge < -0.3 is 70.3 Å². The number of urea groups is 1. The summed E-state index contributed by atoms with van der Waals surface area (Å²) in [5.74, 6) is -5.23. The number of fused-ring (bicyclic) bond motifs is 5. The Hall–Kier alpha value is -6.77. The fraction of sp³-hybridized carbons (Fsp3) is 0.557. The molecule has 0 radical (unpaired) electrons. The normalized spacial score (nSPS) is 24.2. The number of carbonyl (C=O) groups is 9. The van der Waals surface area contributed by atoms with Gasteiger partial charge in [0.25, 0.3) is 5.91 Å². The summed E-state index contributed by atoms with van der Waals surface area (Å²) in [6.07, 6.45) is 1.29. The van der Waals surface area contributed by atoms with E-state index in [4.69, 9.17) is 57.4 Å². The molecule has 27 heteroatoms. The van der Waals surface area contributed by atoms with Gasteiger partial charge in [-0.2, -0.15) is 0 Å². The molecular weight excluding hydrogens is 1250 g/mol. The SMILES string of the molecule is C=C(CBr)C(=O)OC(C)CCCCC(=O)N[C@H](C(=O)N[C@@H](CCCNC(N)=O)C(=O)Nc1ccc(C(=O)N(C)[C@@H](C)C(=O)O[C@H]2CC(=O)N(C)c3cc(cc(OC)c3Cl)C/C(C)=C/C=C/[C@@H](OC)[C@@]3(O)C[C@H](OC(=O)N3)[C@@H](C)[C@@H]3O[C@@]23C)c(Cl)c1)C(C)C. The van der Waals surface area contributed by atoms with Crippen molar-refractivity contribution in [1.82, 2.24) is 26.2 Å². The number of benzene rings is 2. The average Bonchev–Trinajstić information content (AvgIpc) is 2.86. The maximum atomic E-state index is 14.5. The summed E-state index contributed by atoms with van der Waals surface area (Å²) in [5, 5.41) is 25.4. The summed E-state index contributed by atoms with van der Waals surface area (Å²) in [7, 11) is 5.71.